The van der Waals surface area contributed by atoms with Gasteiger partial charge in [-0.15, -0.1) is 0 Å². The van der Waals surface area contributed by atoms with E-state index in [1.165, 1.54) is 6.07 Å². The highest BCUT2D eigenvalue weighted by atomic mass is 19.1. The number of hydrogen-bond donors (Lipinski definition) is 1. The highest BCUT2D eigenvalue weighted by Crippen LogP contribution is 2.05. The molecule has 0 atom stereocenters. The number of hydrogen-bond acceptors (Lipinski definition) is 2. The molecule has 3 heteroatoms. The Hall–Kier alpha value is -1.12. The molecule has 0 amide bonds. The zero-order chi connectivity index (χ0) is 8.85. The Morgan fingerprint density at radius 2 is 2.00 bits per heavy atom. The van der Waals surface area contributed by atoms with Crippen molar-refractivity contribution in [1.82, 2.24) is 4.98 Å². The van der Waals surface area contributed by atoms with E-state index < -0.39 is 0 Å². The zero-order valence-corrected chi connectivity index (χ0v) is 7.06. The highest BCUT2D eigenvalue weighted by Gasteiger charge is 1.94. The molecule has 1 heterocycles. The lowest BCUT2D eigenvalue weighted by Crippen LogP contribution is -1.91. The first kappa shape index (κ1) is 9.88. The first-order valence-corrected chi connectivity index (χ1v) is 3.58. The molecule has 1 aromatic rings. The number of aromatic nitrogens is 1. The molecule has 0 saturated carbocycles. The van der Waals surface area contributed by atoms with Crippen LogP contribution in [-0.2, 0) is 0 Å². The van der Waals surface area contributed by atoms with Crippen molar-refractivity contribution in [3.63, 3.8) is 0 Å². The minimum atomic E-state index is -0.316. The summed E-state index contributed by atoms with van der Waals surface area (Å²) in [6.45, 7) is 5.65. The van der Waals surface area contributed by atoms with Crippen LogP contribution in [0, 0.1) is 12.7 Å². The molecule has 0 fully saturated rings. The molecule has 2 nitrogen and oxygen atoms in total. The maximum Gasteiger partial charge on any atom is 0.144 e. The Kier molecular flexibility index (Phi) is 4.18. The summed E-state index contributed by atoms with van der Waals surface area (Å²) in [4.78, 5) is 3.54. The molecule has 0 aliphatic heterocycles. The molecule has 2 N–H and O–H groups in total. The Bertz CT molecular complexity index is 223. The van der Waals surface area contributed by atoms with E-state index in [4.69, 9.17) is 5.73 Å². The minimum absolute atomic E-state index is 0.316. The van der Waals surface area contributed by atoms with Crippen molar-refractivity contribution >= 4 is 5.82 Å². The fourth-order valence-electron chi connectivity index (χ4n) is 0.561. The molecule has 1 rings (SSSR count). The van der Waals surface area contributed by atoms with Crippen molar-refractivity contribution in [3.05, 3.63) is 23.6 Å². The third kappa shape index (κ3) is 2.98. The third-order valence-electron chi connectivity index (χ3n) is 1.07. The predicted octanol–water partition coefficient (Wildman–Crippen LogP) is 2.14. The number of nitrogens with two attached hydrogens (primary N) is 1. The standard InChI is InChI=1S/C6H7FN2.C2H6/c1-4-2-6(8)9-3-5(4)7;1-2/h2-3H,1H3,(H2,8,9);1-2H3. The average molecular weight is 156 g/mol. The van der Waals surface area contributed by atoms with E-state index in [1.54, 1.807) is 6.92 Å². The van der Waals surface area contributed by atoms with Gasteiger partial charge in [0, 0.05) is 0 Å². The molecule has 0 unspecified atom stereocenters. The minimum Gasteiger partial charge on any atom is -0.384 e. The number of rotatable bonds is 0. The predicted molar refractivity (Wildman–Crippen MR) is 44.7 cm³/mol. The van der Waals surface area contributed by atoms with Crippen LogP contribution in [-0.4, -0.2) is 4.98 Å². The molecule has 0 aromatic carbocycles. The molecule has 62 valence electrons. The number of nitrogens with zero attached hydrogens (tertiary/aromatic N) is 1. The summed E-state index contributed by atoms with van der Waals surface area (Å²) in [6.07, 6.45) is 1.12. The van der Waals surface area contributed by atoms with Gasteiger partial charge < -0.3 is 5.73 Å². The topological polar surface area (TPSA) is 38.9 Å². The number of anilines is 1. The Balaban J connectivity index is 0.000000461. The van der Waals surface area contributed by atoms with Gasteiger partial charge in [-0.25, -0.2) is 9.37 Å². The third-order valence-corrected chi connectivity index (χ3v) is 1.07. The van der Waals surface area contributed by atoms with E-state index in [0.29, 0.717) is 11.4 Å². The van der Waals surface area contributed by atoms with Crippen molar-refractivity contribution < 1.29 is 4.39 Å². The van der Waals surface area contributed by atoms with Crippen LogP contribution >= 0.6 is 0 Å². The highest BCUT2D eigenvalue weighted by molar-refractivity contribution is 5.31. The van der Waals surface area contributed by atoms with Gasteiger partial charge in [-0.2, -0.15) is 0 Å². The first-order valence-electron chi connectivity index (χ1n) is 3.58. The molecule has 0 aliphatic carbocycles. The van der Waals surface area contributed by atoms with Gasteiger partial charge in [-0.1, -0.05) is 13.8 Å². The van der Waals surface area contributed by atoms with Crippen LogP contribution < -0.4 is 5.73 Å². The fourth-order valence-corrected chi connectivity index (χ4v) is 0.561. The summed E-state index contributed by atoms with van der Waals surface area (Å²) in [5, 5.41) is 0. The Morgan fingerprint density at radius 3 is 2.36 bits per heavy atom. The van der Waals surface area contributed by atoms with Crippen LogP contribution in [0.5, 0.6) is 0 Å². The fraction of sp³-hybridized carbons (Fsp3) is 0.375. The lowest BCUT2D eigenvalue weighted by molar-refractivity contribution is 0.612. The van der Waals surface area contributed by atoms with Gasteiger partial charge in [0.15, 0.2) is 0 Å². The van der Waals surface area contributed by atoms with E-state index >= 15 is 0 Å². The van der Waals surface area contributed by atoms with E-state index in [2.05, 4.69) is 4.98 Å². The van der Waals surface area contributed by atoms with E-state index in [1.807, 2.05) is 13.8 Å². The number of pyridine rings is 1. The van der Waals surface area contributed by atoms with E-state index in [9.17, 15) is 4.39 Å². The van der Waals surface area contributed by atoms with Crippen LogP contribution in [0.15, 0.2) is 12.3 Å². The van der Waals surface area contributed by atoms with Crippen molar-refractivity contribution in [1.29, 1.82) is 0 Å². The van der Waals surface area contributed by atoms with Crippen molar-refractivity contribution in [2.75, 3.05) is 5.73 Å². The maximum atomic E-state index is 12.4. The largest absolute Gasteiger partial charge is 0.384 e. The van der Waals surface area contributed by atoms with Gasteiger partial charge in [-0.05, 0) is 18.6 Å². The molecular weight excluding hydrogens is 143 g/mol. The molecule has 1 aromatic heterocycles. The monoisotopic (exact) mass is 156 g/mol. The Morgan fingerprint density at radius 1 is 1.45 bits per heavy atom. The van der Waals surface area contributed by atoms with Crippen LogP contribution in [0.25, 0.3) is 0 Å². The molecule has 0 aliphatic rings. The summed E-state index contributed by atoms with van der Waals surface area (Å²) >= 11 is 0. The second-order valence-corrected chi connectivity index (χ2v) is 1.86. The molecule has 11 heavy (non-hydrogen) atoms. The van der Waals surface area contributed by atoms with E-state index in [0.717, 1.165) is 6.20 Å². The van der Waals surface area contributed by atoms with Crippen molar-refractivity contribution in [2.24, 2.45) is 0 Å². The first-order chi connectivity index (χ1) is 5.20. The average Bonchev–Trinajstić information content (AvgIpc) is 2.02. The summed E-state index contributed by atoms with van der Waals surface area (Å²) in [5.74, 6) is 0.0399. The number of halogens is 1. The summed E-state index contributed by atoms with van der Waals surface area (Å²) in [6, 6.07) is 1.50. The van der Waals surface area contributed by atoms with Crippen molar-refractivity contribution in [2.45, 2.75) is 20.8 Å². The SMILES string of the molecule is CC.Cc1cc(N)ncc1F. The van der Waals surface area contributed by atoms with Gasteiger partial charge in [0.05, 0.1) is 6.20 Å². The van der Waals surface area contributed by atoms with Crippen LogP contribution in [0.4, 0.5) is 10.2 Å². The summed E-state index contributed by atoms with van der Waals surface area (Å²) < 4.78 is 12.4. The van der Waals surface area contributed by atoms with Crippen LogP contribution in [0.2, 0.25) is 0 Å². The molecule has 0 saturated heterocycles. The van der Waals surface area contributed by atoms with Crippen molar-refractivity contribution in [3.8, 4) is 0 Å². The quantitative estimate of drug-likeness (QED) is 0.625. The number of aryl methyl sites for hydroxylation is 1. The lowest BCUT2D eigenvalue weighted by Gasteiger charge is -1.94. The van der Waals surface area contributed by atoms with E-state index in [-0.39, 0.29) is 5.82 Å². The van der Waals surface area contributed by atoms with Gasteiger partial charge in [0.1, 0.15) is 11.6 Å². The van der Waals surface area contributed by atoms with Crippen LogP contribution in [0.3, 0.4) is 0 Å². The molecule has 0 spiro atoms. The number of nitrogen functional groups attached to an aromatic ring is 1. The maximum absolute atomic E-state index is 12.4. The lowest BCUT2D eigenvalue weighted by atomic mass is 10.3. The zero-order valence-electron chi connectivity index (χ0n) is 7.06. The second kappa shape index (κ2) is 4.66. The van der Waals surface area contributed by atoms with Gasteiger partial charge in [-0.3, -0.25) is 0 Å². The smallest absolute Gasteiger partial charge is 0.144 e. The van der Waals surface area contributed by atoms with Gasteiger partial charge in [0.2, 0.25) is 0 Å². The Labute approximate surface area is 66.3 Å². The summed E-state index contributed by atoms with van der Waals surface area (Å²) in [5.41, 5.74) is 5.78. The molecule has 0 radical (unpaired) electrons. The van der Waals surface area contributed by atoms with Gasteiger partial charge >= 0.3 is 0 Å². The summed E-state index contributed by atoms with van der Waals surface area (Å²) in [7, 11) is 0. The second-order valence-electron chi connectivity index (χ2n) is 1.86. The normalized spacial score (nSPS) is 8.36. The molecule has 0 bridgehead atoms. The van der Waals surface area contributed by atoms with Gasteiger partial charge in [0.25, 0.3) is 0 Å². The molecular formula is C8H13FN2. The van der Waals surface area contributed by atoms with Crippen LogP contribution in [0.1, 0.15) is 19.4 Å².